The highest BCUT2D eigenvalue weighted by Gasteiger charge is 2.07. The maximum Gasteiger partial charge on any atom is 0.287 e. The molecule has 0 radical (unpaired) electrons. The molecule has 0 fully saturated rings. The zero-order valence-electron chi connectivity index (χ0n) is 11.7. The molecule has 1 N–H and O–H groups in total. The second-order valence-corrected chi connectivity index (χ2v) is 4.20. The fraction of sp³-hybridized carbons (Fsp3) is 0.500. The second kappa shape index (κ2) is 8.78. The molecule has 0 aliphatic carbocycles. The van der Waals surface area contributed by atoms with Crippen LogP contribution in [0.1, 0.15) is 10.6 Å². The summed E-state index contributed by atoms with van der Waals surface area (Å²) >= 11 is 0. The molecule has 0 aliphatic rings. The summed E-state index contributed by atoms with van der Waals surface area (Å²) in [5, 5.41) is 2.74. The van der Waals surface area contributed by atoms with Crippen molar-refractivity contribution in [1.82, 2.24) is 15.1 Å². The molecule has 0 saturated carbocycles. The van der Waals surface area contributed by atoms with Gasteiger partial charge in [-0.25, -0.2) is 0 Å². The highest BCUT2D eigenvalue weighted by atomic mass is 127. The Morgan fingerprint density at radius 2 is 1.95 bits per heavy atom. The monoisotopic (exact) mass is 380 g/mol. The van der Waals surface area contributed by atoms with Crippen molar-refractivity contribution in [3.8, 4) is 0 Å². The summed E-state index contributed by atoms with van der Waals surface area (Å²) in [5.74, 6) is 0.966. The Hall–Kier alpha value is -1.25. The molecule has 1 amide bonds. The molecule has 0 unspecified atom stereocenters. The average molecular weight is 380 g/mol. The van der Waals surface area contributed by atoms with Gasteiger partial charge in [-0.05, 0) is 12.1 Å². The van der Waals surface area contributed by atoms with Crippen LogP contribution in [0.3, 0.4) is 0 Å². The highest BCUT2D eigenvalue weighted by molar-refractivity contribution is 14.0. The van der Waals surface area contributed by atoms with Crippen LogP contribution in [0.2, 0.25) is 0 Å². The van der Waals surface area contributed by atoms with Crippen LogP contribution in [-0.2, 0) is 0 Å². The molecule has 0 saturated heterocycles. The van der Waals surface area contributed by atoms with Crippen LogP contribution in [0.15, 0.2) is 27.8 Å². The fourth-order valence-corrected chi connectivity index (χ4v) is 1.50. The van der Waals surface area contributed by atoms with Crippen molar-refractivity contribution >= 4 is 35.8 Å². The van der Waals surface area contributed by atoms with E-state index in [0.717, 1.165) is 5.96 Å². The number of nitrogens with zero attached hydrogens (tertiary/aromatic N) is 3. The van der Waals surface area contributed by atoms with Gasteiger partial charge in [0.2, 0.25) is 0 Å². The van der Waals surface area contributed by atoms with Crippen LogP contribution < -0.4 is 5.32 Å². The van der Waals surface area contributed by atoms with Gasteiger partial charge in [0.05, 0.1) is 12.8 Å². The second-order valence-electron chi connectivity index (χ2n) is 4.20. The van der Waals surface area contributed by atoms with Gasteiger partial charge in [-0.3, -0.25) is 9.79 Å². The van der Waals surface area contributed by atoms with Crippen LogP contribution in [-0.4, -0.2) is 62.9 Å². The Morgan fingerprint density at radius 3 is 2.42 bits per heavy atom. The molecule has 1 aromatic heterocycles. The van der Waals surface area contributed by atoms with Gasteiger partial charge in [0.25, 0.3) is 5.91 Å². The van der Waals surface area contributed by atoms with E-state index in [1.807, 2.05) is 38.0 Å². The fourth-order valence-electron chi connectivity index (χ4n) is 1.50. The molecule has 0 aromatic carbocycles. The number of carbonyl (C=O) groups is 1. The molecule has 19 heavy (non-hydrogen) atoms. The summed E-state index contributed by atoms with van der Waals surface area (Å²) in [6.45, 7) is 1.00. The van der Waals surface area contributed by atoms with Gasteiger partial charge in [0.15, 0.2) is 11.7 Å². The Morgan fingerprint density at radius 1 is 1.32 bits per heavy atom. The number of nitrogens with one attached hydrogen (secondary N) is 1. The third kappa shape index (κ3) is 5.95. The number of carbonyl (C=O) groups excluding carboxylic acids is 1. The molecular weight excluding hydrogens is 359 g/mol. The van der Waals surface area contributed by atoms with E-state index >= 15 is 0 Å². The first-order valence-corrected chi connectivity index (χ1v) is 5.73. The maximum absolute atomic E-state index is 11.5. The molecule has 108 valence electrons. The highest BCUT2D eigenvalue weighted by Crippen LogP contribution is 1.98. The summed E-state index contributed by atoms with van der Waals surface area (Å²) in [7, 11) is 7.72. The van der Waals surface area contributed by atoms with Gasteiger partial charge in [0.1, 0.15) is 0 Å². The number of halogens is 1. The third-order valence-corrected chi connectivity index (χ3v) is 2.20. The quantitative estimate of drug-likeness (QED) is 0.368. The van der Waals surface area contributed by atoms with E-state index in [1.54, 1.807) is 12.1 Å². The first-order valence-electron chi connectivity index (χ1n) is 5.73. The predicted molar refractivity (Wildman–Crippen MR) is 86.1 cm³/mol. The minimum atomic E-state index is -0.216. The lowest BCUT2D eigenvalue weighted by atomic mass is 10.4. The molecule has 7 heteroatoms. The maximum atomic E-state index is 11.5. The molecule has 0 aliphatic heterocycles. The molecule has 1 aromatic rings. The van der Waals surface area contributed by atoms with Crippen molar-refractivity contribution in [3.63, 3.8) is 0 Å². The van der Waals surface area contributed by atoms with Crippen molar-refractivity contribution in [3.05, 3.63) is 24.2 Å². The van der Waals surface area contributed by atoms with Gasteiger partial charge in [-0.15, -0.1) is 24.0 Å². The van der Waals surface area contributed by atoms with Crippen molar-refractivity contribution in [2.24, 2.45) is 4.99 Å². The van der Waals surface area contributed by atoms with Crippen LogP contribution in [0.4, 0.5) is 0 Å². The summed E-state index contributed by atoms with van der Waals surface area (Å²) in [6, 6.07) is 3.31. The van der Waals surface area contributed by atoms with Gasteiger partial charge in [-0.2, -0.15) is 0 Å². The van der Waals surface area contributed by atoms with Crippen molar-refractivity contribution in [2.45, 2.75) is 0 Å². The van der Waals surface area contributed by atoms with Gasteiger partial charge in [0, 0.05) is 34.7 Å². The lowest BCUT2D eigenvalue weighted by molar-refractivity contribution is 0.0927. The smallest absolute Gasteiger partial charge is 0.287 e. The van der Waals surface area contributed by atoms with Crippen LogP contribution in [0.25, 0.3) is 0 Å². The number of amides is 1. The molecule has 6 nitrogen and oxygen atoms in total. The van der Waals surface area contributed by atoms with Gasteiger partial charge in [-0.1, -0.05) is 0 Å². The minimum Gasteiger partial charge on any atom is -0.459 e. The summed E-state index contributed by atoms with van der Waals surface area (Å²) in [6.07, 6.45) is 1.48. The number of hydrogen-bond acceptors (Lipinski definition) is 3. The largest absolute Gasteiger partial charge is 0.459 e. The zero-order valence-corrected chi connectivity index (χ0v) is 14.0. The van der Waals surface area contributed by atoms with E-state index in [-0.39, 0.29) is 29.9 Å². The third-order valence-electron chi connectivity index (χ3n) is 2.20. The first kappa shape index (κ1) is 17.8. The Labute approximate surface area is 130 Å². The van der Waals surface area contributed by atoms with E-state index in [4.69, 9.17) is 4.42 Å². The van der Waals surface area contributed by atoms with Crippen LogP contribution >= 0.6 is 24.0 Å². The standard InChI is InChI=1S/C12H20N4O2.HI/c1-15(2)12(16(3)4)14-8-7-13-11(17)10-6-5-9-18-10;/h5-6,9H,7-8H2,1-4H3,(H,13,17);1H. The zero-order chi connectivity index (χ0) is 13.5. The predicted octanol–water partition coefficient (Wildman–Crippen LogP) is 1.11. The Bertz CT molecular complexity index is 392. The summed E-state index contributed by atoms with van der Waals surface area (Å²) < 4.78 is 4.99. The summed E-state index contributed by atoms with van der Waals surface area (Å²) in [4.78, 5) is 19.8. The van der Waals surface area contributed by atoms with Gasteiger partial charge < -0.3 is 19.5 Å². The van der Waals surface area contributed by atoms with Crippen molar-refractivity contribution in [2.75, 3.05) is 41.3 Å². The first-order chi connectivity index (χ1) is 8.52. The molecule has 1 rings (SSSR count). The lowest BCUT2D eigenvalue weighted by Crippen LogP contribution is -2.36. The molecule has 0 spiro atoms. The Kier molecular flexibility index (Phi) is 8.21. The number of furan rings is 1. The van der Waals surface area contributed by atoms with Crippen LogP contribution in [0, 0.1) is 0 Å². The SMILES string of the molecule is CN(C)C(=NCCNC(=O)c1ccco1)N(C)C.I. The molecule has 0 atom stereocenters. The van der Waals surface area contributed by atoms with Crippen LogP contribution in [0.5, 0.6) is 0 Å². The number of aliphatic imine (C=N–C) groups is 1. The number of rotatable bonds is 4. The van der Waals surface area contributed by atoms with Crippen molar-refractivity contribution < 1.29 is 9.21 Å². The van der Waals surface area contributed by atoms with Crippen molar-refractivity contribution in [1.29, 1.82) is 0 Å². The van der Waals surface area contributed by atoms with E-state index < -0.39 is 0 Å². The molecular formula is C12H21IN4O2. The molecule has 0 bridgehead atoms. The van der Waals surface area contributed by atoms with E-state index in [2.05, 4.69) is 10.3 Å². The number of guanidine groups is 1. The molecule has 1 heterocycles. The summed E-state index contributed by atoms with van der Waals surface area (Å²) in [5.41, 5.74) is 0. The average Bonchev–Trinajstić information content (AvgIpc) is 2.80. The topological polar surface area (TPSA) is 61.1 Å². The van der Waals surface area contributed by atoms with E-state index in [9.17, 15) is 4.79 Å². The van der Waals surface area contributed by atoms with E-state index in [1.165, 1.54) is 6.26 Å². The lowest BCUT2D eigenvalue weighted by Gasteiger charge is -2.22. The minimum absolute atomic E-state index is 0. The number of hydrogen-bond donors (Lipinski definition) is 1. The van der Waals surface area contributed by atoms with Gasteiger partial charge >= 0.3 is 0 Å². The van der Waals surface area contributed by atoms with E-state index in [0.29, 0.717) is 18.8 Å². The Balaban J connectivity index is 0.00000324. The normalized spacial score (nSPS) is 9.26.